The standard InChI is InChI=1S/C25H21Cl2N3O5/c1-14(29-30-25(32)13-34-21-8-7-15(26)10-18(21)27)9-24(31)28-19-12-22-17(11-23(19)33-2)16-5-3-4-6-20(16)35-22/h3-8,10-12H,9,13H2,1-2H3,(H,28,31)(H,30,32)/b29-14-. The smallest absolute Gasteiger partial charge is 0.277 e. The van der Waals surface area contributed by atoms with E-state index >= 15 is 0 Å². The SMILES string of the molecule is COc1cc2c(cc1NC(=O)C/C(C)=N\NC(=O)COc1ccc(Cl)cc1Cl)oc1ccccc12. The largest absolute Gasteiger partial charge is 0.495 e. The first-order chi connectivity index (χ1) is 16.8. The summed E-state index contributed by atoms with van der Waals surface area (Å²) in [6, 6.07) is 15.9. The molecule has 2 N–H and O–H groups in total. The van der Waals surface area contributed by atoms with Gasteiger partial charge in [0.2, 0.25) is 5.91 Å². The van der Waals surface area contributed by atoms with Crippen molar-refractivity contribution in [1.82, 2.24) is 5.43 Å². The molecule has 0 saturated heterocycles. The minimum absolute atomic E-state index is 0.0501. The highest BCUT2D eigenvalue weighted by molar-refractivity contribution is 6.35. The van der Waals surface area contributed by atoms with E-state index in [-0.39, 0.29) is 24.0 Å². The maximum Gasteiger partial charge on any atom is 0.277 e. The van der Waals surface area contributed by atoms with Crippen molar-refractivity contribution in [1.29, 1.82) is 0 Å². The lowest BCUT2D eigenvalue weighted by atomic mass is 10.1. The Balaban J connectivity index is 1.35. The van der Waals surface area contributed by atoms with Gasteiger partial charge in [-0.05, 0) is 37.3 Å². The molecule has 0 spiro atoms. The lowest BCUT2D eigenvalue weighted by Crippen LogP contribution is -2.26. The summed E-state index contributed by atoms with van der Waals surface area (Å²) in [6.07, 6.45) is -0.0501. The number of furan rings is 1. The molecule has 4 rings (SSSR count). The molecule has 0 unspecified atom stereocenters. The number of hydrogen-bond acceptors (Lipinski definition) is 6. The molecule has 8 nitrogen and oxygen atoms in total. The van der Waals surface area contributed by atoms with Gasteiger partial charge in [-0.15, -0.1) is 0 Å². The van der Waals surface area contributed by atoms with Crippen LogP contribution in [0.5, 0.6) is 11.5 Å². The van der Waals surface area contributed by atoms with Crippen LogP contribution in [0.2, 0.25) is 10.0 Å². The molecule has 1 aromatic heterocycles. The molecular weight excluding hydrogens is 493 g/mol. The van der Waals surface area contributed by atoms with Crippen molar-refractivity contribution in [3.05, 3.63) is 64.6 Å². The molecule has 35 heavy (non-hydrogen) atoms. The number of nitrogens with one attached hydrogen (secondary N) is 2. The van der Waals surface area contributed by atoms with Crippen LogP contribution in [-0.4, -0.2) is 31.2 Å². The number of amides is 2. The van der Waals surface area contributed by atoms with Crippen molar-refractivity contribution in [2.75, 3.05) is 19.0 Å². The van der Waals surface area contributed by atoms with Gasteiger partial charge in [0.15, 0.2) is 6.61 Å². The number of methoxy groups -OCH3 is 1. The van der Waals surface area contributed by atoms with Gasteiger partial charge in [-0.25, -0.2) is 5.43 Å². The minimum atomic E-state index is -0.507. The van der Waals surface area contributed by atoms with Crippen LogP contribution in [0, 0.1) is 0 Å². The van der Waals surface area contributed by atoms with E-state index in [1.54, 1.807) is 25.1 Å². The molecule has 10 heteroatoms. The zero-order chi connectivity index (χ0) is 24.9. The number of hydrazone groups is 1. The van der Waals surface area contributed by atoms with Gasteiger partial charge in [0.05, 0.1) is 24.2 Å². The van der Waals surface area contributed by atoms with Crippen LogP contribution in [0.4, 0.5) is 5.69 Å². The van der Waals surface area contributed by atoms with Crippen molar-refractivity contribution in [2.45, 2.75) is 13.3 Å². The molecule has 0 aliphatic rings. The summed E-state index contributed by atoms with van der Waals surface area (Å²) in [4.78, 5) is 24.6. The molecule has 2 amide bonds. The molecular formula is C25H21Cl2N3O5. The zero-order valence-corrected chi connectivity index (χ0v) is 20.4. The van der Waals surface area contributed by atoms with Gasteiger partial charge in [-0.1, -0.05) is 41.4 Å². The lowest BCUT2D eigenvalue weighted by molar-refractivity contribution is -0.123. The number of ether oxygens (including phenoxy) is 2. The Bertz CT molecular complexity index is 1450. The van der Waals surface area contributed by atoms with Crippen LogP contribution in [-0.2, 0) is 9.59 Å². The van der Waals surface area contributed by atoms with E-state index in [1.165, 1.54) is 13.2 Å². The van der Waals surface area contributed by atoms with Crippen molar-refractivity contribution < 1.29 is 23.5 Å². The fraction of sp³-hybridized carbons (Fsp3) is 0.160. The molecule has 180 valence electrons. The fourth-order valence-corrected chi connectivity index (χ4v) is 3.87. The Kier molecular flexibility index (Phi) is 7.43. The first-order valence-electron chi connectivity index (χ1n) is 10.5. The number of rotatable bonds is 8. The predicted molar refractivity (Wildman–Crippen MR) is 137 cm³/mol. The van der Waals surface area contributed by atoms with E-state index in [0.29, 0.717) is 33.5 Å². The molecule has 0 aliphatic carbocycles. The quantitative estimate of drug-likeness (QED) is 0.229. The molecule has 0 aliphatic heterocycles. The highest BCUT2D eigenvalue weighted by atomic mass is 35.5. The van der Waals surface area contributed by atoms with Crippen molar-refractivity contribution in [2.24, 2.45) is 5.10 Å². The number of hydrogen-bond donors (Lipinski definition) is 2. The third kappa shape index (κ3) is 5.85. The van der Waals surface area contributed by atoms with Gasteiger partial charge in [0.25, 0.3) is 5.91 Å². The third-order valence-corrected chi connectivity index (χ3v) is 5.54. The van der Waals surface area contributed by atoms with Crippen molar-refractivity contribution >= 4 is 68.4 Å². The Morgan fingerprint density at radius 1 is 0.971 bits per heavy atom. The second-order valence-electron chi connectivity index (χ2n) is 7.62. The topological polar surface area (TPSA) is 102 Å². The van der Waals surface area contributed by atoms with E-state index in [0.717, 1.165) is 16.4 Å². The van der Waals surface area contributed by atoms with E-state index in [9.17, 15) is 9.59 Å². The second-order valence-corrected chi connectivity index (χ2v) is 8.46. The number of fused-ring (bicyclic) bond motifs is 3. The molecule has 0 atom stereocenters. The molecule has 3 aromatic carbocycles. The van der Waals surface area contributed by atoms with Gasteiger partial charge in [-0.3, -0.25) is 9.59 Å². The first-order valence-corrected chi connectivity index (χ1v) is 11.3. The normalized spacial score (nSPS) is 11.5. The van der Waals surface area contributed by atoms with E-state index in [1.807, 2.05) is 30.3 Å². The summed E-state index contributed by atoms with van der Waals surface area (Å²) < 4.78 is 16.7. The number of carbonyl (C=O) groups is 2. The van der Waals surface area contributed by atoms with Gasteiger partial charge in [0.1, 0.15) is 22.7 Å². The predicted octanol–water partition coefficient (Wildman–Crippen LogP) is 5.80. The van der Waals surface area contributed by atoms with Crippen LogP contribution in [0.1, 0.15) is 13.3 Å². The molecule has 0 bridgehead atoms. The summed E-state index contributed by atoms with van der Waals surface area (Å²) in [6.45, 7) is 1.31. The first kappa shape index (κ1) is 24.4. The molecule has 0 saturated carbocycles. The Morgan fingerprint density at radius 2 is 1.77 bits per heavy atom. The number of anilines is 1. The maximum atomic E-state index is 12.6. The monoisotopic (exact) mass is 513 g/mol. The Morgan fingerprint density at radius 3 is 2.54 bits per heavy atom. The van der Waals surface area contributed by atoms with Crippen LogP contribution >= 0.6 is 23.2 Å². The fourth-order valence-electron chi connectivity index (χ4n) is 3.41. The molecule has 4 aromatic rings. The summed E-state index contributed by atoms with van der Waals surface area (Å²) in [7, 11) is 1.53. The van der Waals surface area contributed by atoms with Crippen molar-refractivity contribution in [3.8, 4) is 11.5 Å². The number of para-hydroxylation sites is 1. The van der Waals surface area contributed by atoms with Gasteiger partial charge < -0.3 is 19.2 Å². The van der Waals surface area contributed by atoms with Crippen LogP contribution in [0.15, 0.2) is 64.1 Å². The van der Waals surface area contributed by atoms with E-state index in [4.69, 9.17) is 37.1 Å². The molecule has 0 radical (unpaired) electrons. The average Bonchev–Trinajstić information content (AvgIpc) is 3.18. The summed E-state index contributed by atoms with van der Waals surface area (Å²) in [5.74, 6) is -0.0220. The van der Waals surface area contributed by atoms with E-state index < -0.39 is 5.91 Å². The summed E-state index contributed by atoms with van der Waals surface area (Å²) >= 11 is 11.8. The summed E-state index contributed by atoms with van der Waals surface area (Å²) in [5.41, 5.74) is 4.58. The van der Waals surface area contributed by atoms with Crippen molar-refractivity contribution in [3.63, 3.8) is 0 Å². The van der Waals surface area contributed by atoms with E-state index in [2.05, 4.69) is 15.8 Å². The number of benzene rings is 3. The Labute approximate surface area is 210 Å². The number of nitrogens with zero attached hydrogens (tertiary/aromatic N) is 1. The maximum absolute atomic E-state index is 12.6. The third-order valence-electron chi connectivity index (χ3n) is 5.01. The highest BCUT2D eigenvalue weighted by Gasteiger charge is 2.15. The minimum Gasteiger partial charge on any atom is -0.495 e. The number of carbonyl (C=O) groups excluding carboxylic acids is 2. The second kappa shape index (κ2) is 10.7. The Hall–Kier alpha value is -3.75. The summed E-state index contributed by atoms with van der Waals surface area (Å²) in [5, 5.41) is 9.35. The number of halogens is 2. The van der Waals surface area contributed by atoms with Crippen LogP contribution in [0.3, 0.4) is 0 Å². The zero-order valence-electron chi connectivity index (χ0n) is 18.9. The molecule has 1 heterocycles. The molecule has 0 fully saturated rings. The lowest BCUT2D eigenvalue weighted by Gasteiger charge is -2.10. The highest BCUT2D eigenvalue weighted by Crippen LogP contribution is 2.36. The van der Waals surface area contributed by atoms with Gasteiger partial charge in [0, 0.05) is 27.6 Å². The average molecular weight is 514 g/mol. The van der Waals surface area contributed by atoms with Crippen LogP contribution < -0.4 is 20.2 Å². The van der Waals surface area contributed by atoms with Gasteiger partial charge >= 0.3 is 0 Å². The van der Waals surface area contributed by atoms with Gasteiger partial charge in [-0.2, -0.15) is 5.10 Å². The van der Waals surface area contributed by atoms with Crippen LogP contribution in [0.25, 0.3) is 21.9 Å².